The fourth-order valence-corrected chi connectivity index (χ4v) is 6.33. The summed E-state index contributed by atoms with van der Waals surface area (Å²) < 4.78 is 42.9. The van der Waals surface area contributed by atoms with Crippen LogP contribution in [0.2, 0.25) is 0 Å². The molecular weight excluding hydrogens is 558 g/mol. The Morgan fingerprint density at radius 3 is 2.31 bits per heavy atom. The standard InChI is InChI=1S/C31H33N3O7S/c1-39-26-12-10-25(11-13-26)29-21-28(24-5-3-2-4-6-24)32-34(29)30(35)22-41-31(36)16-9-23-7-14-27(15-8-23)42(37,38)33-17-19-40-20-18-33/h2-8,10-15,29H,9,16-22H2,1H3/t29-/m1/s1. The molecule has 42 heavy (non-hydrogen) atoms. The molecule has 10 nitrogen and oxygen atoms in total. The van der Waals surface area contributed by atoms with Crippen molar-refractivity contribution in [3.8, 4) is 5.75 Å². The number of aryl methyl sites for hydroxylation is 1. The maximum absolute atomic E-state index is 13.2. The molecule has 0 spiro atoms. The summed E-state index contributed by atoms with van der Waals surface area (Å²) >= 11 is 0. The predicted molar refractivity (Wildman–Crippen MR) is 155 cm³/mol. The third-order valence-electron chi connectivity index (χ3n) is 7.28. The number of benzene rings is 3. The molecule has 3 aromatic rings. The van der Waals surface area contributed by atoms with E-state index in [4.69, 9.17) is 14.2 Å². The highest BCUT2D eigenvalue weighted by atomic mass is 32.2. The number of morpholine rings is 1. The Labute approximate surface area is 245 Å². The fourth-order valence-electron chi connectivity index (χ4n) is 4.92. The van der Waals surface area contributed by atoms with E-state index in [-0.39, 0.29) is 17.4 Å². The van der Waals surface area contributed by atoms with Crippen LogP contribution >= 0.6 is 0 Å². The molecule has 0 bridgehead atoms. The number of sulfonamides is 1. The first-order valence-corrected chi connectivity index (χ1v) is 15.2. The lowest BCUT2D eigenvalue weighted by Crippen LogP contribution is -2.40. The van der Waals surface area contributed by atoms with Gasteiger partial charge in [0.2, 0.25) is 10.0 Å². The summed E-state index contributed by atoms with van der Waals surface area (Å²) in [5.41, 5.74) is 3.38. The predicted octanol–water partition coefficient (Wildman–Crippen LogP) is 3.57. The first-order chi connectivity index (χ1) is 20.3. The fraction of sp³-hybridized carbons (Fsp3) is 0.323. The van der Waals surface area contributed by atoms with E-state index < -0.39 is 28.5 Å². The second kappa shape index (κ2) is 13.3. The van der Waals surface area contributed by atoms with Crippen molar-refractivity contribution in [2.75, 3.05) is 40.0 Å². The molecule has 0 aliphatic carbocycles. The van der Waals surface area contributed by atoms with E-state index in [1.807, 2.05) is 54.6 Å². The SMILES string of the molecule is COc1ccc([C@H]2CC(c3ccccc3)=NN2C(=O)COC(=O)CCc2ccc(S(=O)(=O)N3CCOCC3)cc2)cc1. The van der Waals surface area contributed by atoms with Gasteiger partial charge in [0.1, 0.15) is 5.75 Å². The molecule has 1 atom stereocenters. The minimum absolute atomic E-state index is 0.0449. The number of carbonyl (C=O) groups excluding carboxylic acids is 2. The van der Waals surface area contributed by atoms with Crippen LogP contribution in [0.4, 0.5) is 0 Å². The Kier molecular flexibility index (Phi) is 9.31. The molecule has 11 heteroatoms. The minimum Gasteiger partial charge on any atom is -0.497 e. The van der Waals surface area contributed by atoms with Gasteiger partial charge in [-0.1, -0.05) is 54.6 Å². The normalized spacial score (nSPS) is 17.5. The number of hydrogen-bond donors (Lipinski definition) is 0. The second-order valence-corrected chi connectivity index (χ2v) is 11.9. The smallest absolute Gasteiger partial charge is 0.306 e. The van der Waals surface area contributed by atoms with Gasteiger partial charge in [-0.05, 0) is 47.4 Å². The Bertz CT molecular complexity index is 1520. The number of methoxy groups -OCH3 is 1. The molecule has 3 aromatic carbocycles. The number of nitrogens with zero attached hydrogens (tertiary/aromatic N) is 3. The van der Waals surface area contributed by atoms with Crippen molar-refractivity contribution in [2.45, 2.75) is 30.2 Å². The van der Waals surface area contributed by atoms with Gasteiger partial charge in [0.25, 0.3) is 5.91 Å². The van der Waals surface area contributed by atoms with Crippen LogP contribution in [0.1, 0.15) is 35.6 Å². The van der Waals surface area contributed by atoms with Crippen molar-refractivity contribution >= 4 is 27.6 Å². The molecule has 0 N–H and O–H groups in total. The lowest BCUT2D eigenvalue weighted by atomic mass is 9.98. The van der Waals surface area contributed by atoms with Crippen LogP contribution < -0.4 is 4.74 Å². The van der Waals surface area contributed by atoms with Gasteiger partial charge in [-0.15, -0.1) is 0 Å². The molecule has 1 saturated heterocycles. The number of ether oxygens (including phenoxy) is 3. The summed E-state index contributed by atoms with van der Waals surface area (Å²) in [5, 5.41) is 6.00. The molecule has 2 aliphatic heterocycles. The van der Waals surface area contributed by atoms with Gasteiger partial charge in [-0.2, -0.15) is 9.41 Å². The minimum atomic E-state index is -3.58. The monoisotopic (exact) mass is 591 g/mol. The number of carbonyl (C=O) groups is 2. The van der Waals surface area contributed by atoms with Gasteiger partial charge < -0.3 is 14.2 Å². The van der Waals surface area contributed by atoms with E-state index >= 15 is 0 Å². The highest BCUT2D eigenvalue weighted by molar-refractivity contribution is 7.89. The van der Waals surface area contributed by atoms with Crippen LogP contribution in [0.25, 0.3) is 0 Å². The number of esters is 1. The molecule has 0 aromatic heterocycles. The summed E-state index contributed by atoms with van der Waals surface area (Å²) in [7, 11) is -1.99. The van der Waals surface area contributed by atoms with E-state index in [1.54, 1.807) is 31.4 Å². The van der Waals surface area contributed by atoms with Crippen molar-refractivity contribution in [1.82, 2.24) is 9.31 Å². The maximum atomic E-state index is 13.2. The van der Waals surface area contributed by atoms with Gasteiger partial charge in [0.15, 0.2) is 6.61 Å². The van der Waals surface area contributed by atoms with Crippen LogP contribution in [0.15, 0.2) is 88.9 Å². The zero-order valence-corrected chi connectivity index (χ0v) is 24.2. The third kappa shape index (κ3) is 6.87. The summed E-state index contributed by atoms with van der Waals surface area (Å²) in [6.07, 6.45) is 0.913. The molecule has 1 fully saturated rings. The van der Waals surface area contributed by atoms with E-state index in [2.05, 4.69) is 5.10 Å². The molecule has 2 heterocycles. The van der Waals surface area contributed by atoms with Crippen molar-refractivity contribution in [2.24, 2.45) is 5.10 Å². The molecular formula is C31H33N3O7S. The van der Waals surface area contributed by atoms with Crippen molar-refractivity contribution < 1.29 is 32.2 Å². The second-order valence-electron chi connectivity index (χ2n) is 9.97. The highest BCUT2D eigenvalue weighted by Gasteiger charge is 2.33. The molecule has 0 radical (unpaired) electrons. The Morgan fingerprint density at radius 2 is 1.64 bits per heavy atom. The summed E-state index contributed by atoms with van der Waals surface area (Å²) in [6, 6.07) is 23.3. The molecule has 2 aliphatic rings. The van der Waals surface area contributed by atoms with Crippen LogP contribution in [0.3, 0.4) is 0 Å². The number of hydrogen-bond acceptors (Lipinski definition) is 8. The van der Waals surface area contributed by atoms with E-state index in [1.165, 1.54) is 9.31 Å². The number of hydrazone groups is 1. The quantitative estimate of drug-likeness (QED) is 0.331. The largest absolute Gasteiger partial charge is 0.497 e. The lowest BCUT2D eigenvalue weighted by Gasteiger charge is -2.26. The van der Waals surface area contributed by atoms with E-state index in [0.717, 1.165) is 22.4 Å². The van der Waals surface area contributed by atoms with E-state index in [0.29, 0.717) is 44.9 Å². The van der Waals surface area contributed by atoms with Gasteiger partial charge in [0, 0.05) is 25.9 Å². The lowest BCUT2D eigenvalue weighted by molar-refractivity contribution is -0.152. The molecule has 0 unspecified atom stereocenters. The zero-order valence-electron chi connectivity index (χ0n) is 23.3. The molecule has 0 saturated carbocycles. The Balaban J connectivity index is 1.18. The summed E-state index contributed by atoms with van der Waals surface area (Å²) in [4.78, 5) is 25.9. The highest BCUT2D eigenvalue weighted by Crippen LogP contribution is 2.33. The van der Waals surface area contributed by atoms with Gasteiger partial charge in [-0.25, -0.2) is 13.4 Å². The first kappa shape index (κ1) is 29.4. The van der Waals surface area contributed by atoms with Gasteiger partial charge in [-0.3, -0.25) is 9.59 Å². The summed E-state index contributed by atoms with van der Waals surface area (Å²) in [6.45, 7) is 0.968. The molecule has 220 valence electrons. The number of rotatable bonds is 10. The Morgan fingerprint density at radius 1 is 0.952 bits per heavy atom. The van der Waals surface area contributed by atoms with Crippen LogP contribution in [-0.4, -0.2) is 75.3 Å². The maximum Gasteiger partial charge on any atom is 0.306 e. The average Bonchev–Trinajstić information content (AvgIpc) is 3.49. The van der Waals surface area contributed by atoms with E-state index in [9.17, 15) is 18.0 Å². The average molecular weight is 592 g/mol. The van der Waals surface area contributed by atoms with Crippen molar-refractivity contribution in [3.63, 3.8) is 0 Å². The first-order valence-electron chi connectivity index (χ1n) is 13.8. The van der Waals surface area contributed by atoms with Crippen molar-refractivity contribution in [3.05, 3.63) is 95.6 Å². The molecule has 5 rings (SSSR count). The molecule has 1 amide bonds. The summed E-state index contributed by atoms with van der Waals surface area (Å²) in [5.74, 6) is -0.241. The van der Waals surface area contributed by atoms with Crippen LogP contribution in [0.5, 0.6) is 5.75 Å². The third-order valence-corrected chi connectivity index (χ3v) is 9.19. The van der Waals surface area contributed by atoms with Crippen molar-refractivity contribution in [1.29, 1.82) is 0 Å². The van der Waals surface area contributed by atoms with Crippen LogP contribution in [0, 0.1) is 0 Å². The Hall–Kier alpha value is -4.06. The number of amides is 1. The van der Waals surface area contributed by atoms with Gasteiger partial charge >= 0.3 is 5.97 Å². The van der Waals surface area contributed by atoms with Crippen LogP contribution in [-0.2, 0) is 35.5 Å². The topological polar surface area (TPSA) is 115 Å². The zero-order chi connectivity index (χ0) is 29.5. The van der Waals surface area contributed by atoms with Gasteiger partial charge in [0.05, 0.1) is 37.0 Å².